The Bertz CT molecular complexity index is 929. The van der Waals surface area contributed by atoms with Crippen molar-refractivity contribution in [2.24, 2.45) is 0 Å². The van der Waals surface area contributed by atoms with Crippen LogP contribution in [0.2, 0.25) is 0 Å². The third-order valence-electron chi connectivity index (χ3n) is 5.02. The van der Waals surface area contributed by atoms with Gasteiger partial charge >= 0.3 is 12.1 Å². The molecule has 35 heavy (non-hydrogen) atoms. The van der Waals surface area contributed by atoms with Crippen molar-refractivity contribution in [2.45, 2.75) is 38.0 Å². The van der Waals surface area contributed by atoms with Gasteiger partial charge in [0.05, 0.1) is 13.2 Å². The highest BCUT2D eigenvalue weighted by molar-refractivity contribution is 6.05. The minimum atomic E-state index is -1.73. The van der Waals surface area contributed by atoms with E-state index in [4.69, 9.17) is 24.1 Å². The lowest BCUT2D eigenvalue weighted by atomic mass is 10.0. The molecule has 1 aromatic carbocycles. The Labute approximate surface area is 202 Å². The van der Waals surface area contributed by atoms with Crippen LogP contribution in [0, 0.1) is 0 Å². The molecule has 0 radical (unpaired) electrons. The van der Waals surface area contributed by atoms with Crippen LogP contribution in [0.5, 0.6) is 0 Å². The van der Waals surface area contributed by atoms with Crippen LogP contribution in [-0.4, -0.2) is 85.3 Å². The number of ether oxygens (including phenoxy) is 4. The lowest BCUT2D eigenvalue weighted by Gasteiger charge is -2.27. The van der Waals surface area contributed by atoms with Gasteiger partial charge in [0.15, 0.2) is 23.8 Å². The van der Waals surface area contributed by atoms with Crippen LogP contribution < -0.4 is 0 Å². The van der Waals surface area contributed by atoms with E-state index in [1.165, 1.54) is 0 Å². The average molecular weight is 491 g/mol. The number of amides is 2. The number of hydrogen-bond acceptors (Lipinski definition) is 10. The fraction of sp³-hybridized carbons (Fsp3) is 0.458. The molecule has 1 fully saturated rings. The van der Waals surface area contributed by atoms with E-state index in [0.717, 1.165) is 31.1 Å². The summed E-state index contributed by atoms with van der Waals surface area (Å²) < 4.78 is 20.4. The summed E-state index contributed by atoms with van der Waals surface area (Å²) >= 11 is 0. The quantitative estimate of drug-likeness (QED) is 0.228. The van der Waals surface area contributed by atoms with Gasteiger partial charge < -0.3 is 24.1 Å². The first kappa shape index (κ1) is 27.8. The number of rotatable bonds is 14. The Morgan fingerprint density at radius 1 is 1.14 bits per heavy atom. The van der Waals surface area contributed by atoms with Crippen LogP contribution in [-0.2, 0) is 38.1 Å². The first-order valence-corrected chi connectivity index (χ1v) is 11.0. The van der Waals surface area contributed by atoms with Crippen molar-refractivity contribution < 1.29 is 48.0 Å². The van der Waals surface area contributed by atoms with Crippen LogP contribution >= 0.6 is 0 Å². The summed E-state index contributed by atoms with van der Waals surface area (Å²) in [5, 5.41) is 8.66. The third-order valence-corrected chi connectivity index (χ3v) is 5.02. The molecule has 1 saturated heterocycles. The lowest BCUT2D eigenvalue weighted by molar-refractivity contribution is -0.166. The molecule has 190 valence electrons. The maximum absolute atomic E-state index is 13.3. The highest BCUT2D eigenvalue weighted by Crippen LogP contribution is 2.29. The molecule has 2 amide bonds. The number of ketones is 2. The standard InChI is InChI=1S/C24H29NO10/c1-16(27)35-21(20(29)11-10-18(28)9-6-13-33-14-12-26)22(32-2)23(30)25-19(15-34-24(25)31)17-7-4-3-5-8-17/h3-5,7-8,10-11,19,21-22,26H,6,9,12-15H2,1-2H3. The monoisotopic (exact) mass is 491 g/mol. The molecule has 0 aliphatic carbocycles. The molecule has 1 N–H and O–H groups in total. The molecule has 0 bridgehead atoms. The van der Waals surface area contributed by atoms with E-state index in [1.807, 2.05) is 0 Å². The van der Waals surface area contributed by atoms with Gasteiger partial charge in [0, 0.05) is 27.1 Å². The molecule has 0 aromatic heterocycles. The number of cyclic esters (lactones) is 1. The second kappa shape index (κ2) is 14.1. The Morgan fingerprint density at radius 2 is 1.86 bits per heavy atom. The smallest absolute Gasteiger partial charge is 0.417 e. The molecule has 11 heteroatoms. The molecule has 0 saturated carbocycles. The highest BCUT2D eigenvalue weighted by Gasteiger charge is 2.46. The molecule has 1 heterocycles. The van der Waals surface area contributed by atoms with E-state index in [0.29, 0.717) is 12.0 Å². The third kappa shape index (κ3) is 8.09. The van der Waals surface area contributed by atoms with Gasteiger partial charge in [-0.2, -0.15) is 0 Å². The summed E-state index contributed by atoms with van der Waals surface area (Å²) in [7, 11) is 1.13. The fourth-order valence-electron chi connectivity index (χ4n) is 3.39. The molecule has 3 atom stereocenters. The average Bonchev–Trinajstić information content (AvgIpc) is 3.23. The summed E-state index contributed by atoms with van der Waals surface area (Å²) in [5.74, 6) is -3.04. The zero-order valence-corrected chi connectivity index (χ0v) is 19.6. The number of allylic oxidation sites excluding steroid dienone is 1. The first-order valence-electron chi connectivity index (χ1n) is 11.0. The van der Waals surface area contributed by atoms with Crippen LogP contribution in [0.25, 0.3) is 0 Å². The maximum atomic E-state index is 13.3. The van der Waals surface area contributed by atoms with Crippen molar-refractivity contribution in [1.29, 1.82) is 0 Å². The van der Waals surface area contributed by atoms with E-state index >= 15 is 0 Å². The number of esters is 1. The molecule has 1 aliphatic rings. The van der Waals surface area contributed by atoms with Gasteiger partial charge in [-0.3, -0.25) is 19.2 Å². The van der Waals surface area contributed by atoms with Crippen molar-refractivity contribution in [1.82, 2.24) is 4.90 Å². The Balaban J connectivity index is 2.16. The van der Waals surface area contributed by atoms with Crippen LogP contribution in [0.15, 0.2) is 42.5 Å². The fourth-order valence-corrected chi connectivity index (χ4v) is 3.39. The number of aliphatic hydroxyl groups is 1. The van der Waals surface area contributed by atoms with Gasteiger partial charge in [-0.15, -0.1) is 0 Å². The van der Waals surface area contributed by atoms with Crippen molar-refractivity contribution in [2.75, 3.05) is 33.5 Å². The summed E-state index contributed by atoms with van der Waals surface area (Å²) in [5.41, 5.74) is 0.630. The molecule has 1 aliphatic heterocycles. The lowest BCUT2D eigenvalue weighted by Crippen LogP contribution is -2.51. The largest absolute Gasteiger partial charge is 0.451 e. The van der Waals surface area contributed by atoms with Gasteiger partial charge in [-0.1, -0.05) is 30.3 Å². The predicted octanol–water partition coefficient (Wildman–Crippen LogP) is 1.14. The molecule has 3 unspecified atom stereocenters. The molecule has 11 nitrogen and oxygen atoms in total. The summed E-state index contributed by atoms with van der Waals surface area (Å²) in [6.45, 7) is 1.26. The maximum Gasteiger partial charge on any atom is 0.417 e. The van der Waals surface area contributed by atoms with Gasteiger partial charge in [-0.25, -0.2) is 9.69 Å². The van der Waals surface area contributed by atoms with Gasteiger partial charge in [-0.05, 0) is 24.1 Å². The molecular formula is C24H29NO10. The number of aliphatic hydroxyl groups excluding tert-OH is 1. The zero-order chi connectivity index (χ0) is 25.8. The van der Waals surface area contributed by atoms with Crippen LogP contribution in [0.1, 0.15) is 31.4 Å². The number of carbonyl (C=O) groups excluding carboxylic acids is 5. The summed E-state index contributed by atoms with van der Waals surface area (Å²) in [4.78, 5) is 63.0. The Morgan fingerprint density at radius 3 is 2.49 bits per heavy atom. The normalized spacial score (nSPS) is 17.2. The number of imide groups is 1. The van der Waals surface area contributed by atoms with Gasteiger partial charge in [0.1, 0.15) is 12.6 Å². The van der Waals surface area contributed by atoms with Crippen molar-refractivity contribution in [3.05, 3.63) is 48.0 Å². The molecule has 2 rings (SSSR count). The second-order valence-corrected chi connectivity index (χ2v) is 7.54. The van der Waals surface area contributed by atoms with Crippen molar-refractivity contribution in [3.63, 3.8) is 0 Å². The van der Waals surface area contributed by atoms with Gasteiger partial charge in [0.25, 0.3) is 5.91 Å². The molecule has 0 spiro atoms. The van der Waals surface area contributed by atoms with E-state index in [2.05, 4.69) is 0 Å². The number of hydrogen-bond donors (Lipinski definition) is 1. The SMILES string of the molecule is COC(C(=O)N1C(=O)OCC1c1ccccc1)C(OC(C)=O)C(=O)C=CC(=O)CCCOCCO. The van der Waals surface area contributed by atoms with Crippen molar-refractivity contribution >= 4 is 29.5 Å². The van der Waals surface area contributed by atoms with Crippen LogP contribution in [0.3, 0.4) is 0 Å². The minimum Gasteiger partial charge on any atom is -0.451 e. The zero-order valence-electron chi connectivity index (χ0n) is 19.6. The molecular weight excluding hydrogens is 462 g/mol. The number of nitrogens with zero attached hydrogens (tertiary/aromatic N) is 1. The number of methoxy groups -OCH3 is 1. The number of carbonyl (C=O) groups is 5. The van der Waals surface area contributed by atoms with E-state index < -0.39 is 42.0 Å². The van der Waals surface area contributed by atoms with E-state index in [9.17, 15) is 24.0 Å². The van der Waals surface area contributed by atoms with Crippen molar-refractivity contribution in [3.8, 4) is 0 Å². The highest BCUT2D eigenvalue weighted by atomic mass is 16.6. The first-order chi connectivity index (χ1) is 16.8. The second-order valence-electron chi connectivity index (χ2n) is 7.54. The summed E-state index contributed by atoms with van der Waals surface area (Å²) in [6, 6.07) is 7.92. The van der Waals surface area contributed by atoms with E-state index in [1.54, 1.807) is 30.3 Å². The summed E-state index contributed by atoms with van der Waals surface area (Å²) in [6.07, 6.45) is -1.93. The topological polar surface area (TPSA) is 146 Å². The molecule has 1 aromatic rings. The predicted molar refractivity (Wildman–Crippen MR) is 120 cm³/mol. The van der Waals surface area contributed by atoms with Crippen LogP contribution in [0.4, 0.5) is 4.79 Å². The van der Waals surface area contributed by atoms with Gasteiger partial charge in [0.2, 0.25) is 0 Å². The number of benzene rings is 1. The Kier molecular flexibility index (Phi) is 11.2. The Hall–Kier alpha value is -3.41. The minimum absolute atomic E-state index is 0.0818. The van der Waals surface area contributed by atoms with E-state index in [-0.39, 0.29) is 38.6 Å².